The van der Waals surface area contributed by atoms with Crippen molar-refractivity contribution in [3.05, 3.63) is 42.9 Å². The summed E-state index contributed by atoms with van der Waals surface area (Å²) in [4.78, 5) is 8.25. The molecule has 3 nitrogen and oxygen atoms in total. The van der Waals surface area contributed by atoms with Gasteiger partial charge in [-0.2, -0.15) is 0 Å². The summed E-state index contributed by atoms with van der Waals surface area (Å²) in [5, 5.41) is 3.07. The first-order valence-electron chi connectivity index (χ1n) is 4.44. The van der Waals surface area contributed by atoms with Gasteiger partial charge in [-0.05, 0) is 12.1 Å². The second kappa shape index (κ2) is 3.87. The zero-order chi connectivity index (χ0) is 9.80. The standard InChI is InChI=1S/C11H11N3/c1-12-10-4-2-9(3-5-10)11-8-13-6-7-14-11/h2-8,12H,1H3. The Morgan fingerprint density at radius 2 is 1.86 bits per heavy atom. The first kappa shape index (κ1) is 8.69. The van der Waals surface area contributed by atoms with Gasteiger partial charge in [0.15, 0.2) is 0 Å². The molecule has 0 aliphatic carbocycles. The normalized spacial score (nSPS) is 9.79. The van der Waals surface area contributed by atoms with Crippen LogP contribution in [0.25, 0.3) is 11.3 Å². The second-order valence-corrected chi connectivity index (χ2v) is 2.92. The van der Waals surface area contributed by atoms with Gasteiger partial charge >= 0.3 is 0 Å². The highest BCUT2D eigenvalue weighted by Gasteiger charge is 1.97. The number of benzene rings is 1. The monoisotopic (exact) mass is 185 g/mol. The molecule has 0 spiro atoms. The molecule has 0 unspecified atom stereocenters. The fourth-order valence-corrected chi connectivity index (χ4v) is 1.26. The molecule has 14 heavy (non-hydrogen) atoms. The molecule has 0 saturated carbocycles. The molecule has 1 aromatic carbocycles. The molecule has 0 fully saturated rings. The second-order valence-electron chi connectivity index (χ2n) is 2.92. The van der Waals surface area contributed by atoms with Crippen LogP contribution in [0.5, 0.6) is 0 Å². The molecule has 0 atom stereocenters. The summed E-state index contributed by atoms with van der Waals surface area (Å²) in [6, 6.07) is 8.08. The van der Waals surface area contributed by atoms with Crippen LogP contribution >= 0.6 is 0 Å². The van der Waals surface area contributed by atoms with Gasteiger partial charge in [-0.3, -0.25) is 9.97 Å². The van der Waals surface area contributed by atoms with Crippen LogP contribution in [-0.4, -0.2) is 17.0 Å². The van der Waals surface area contributed by atoms with Crippen LogP contribution in [0.15, 0.2) is 42.9 Å². The van der Waals surface area contributed by atoms with Gasteiger partial charge in [-0.15, -0.1) is 0 Å². The molecule has 1 aromatic heterocycles. The molecule has 0 saturated heterocycles. The third-order valence-corrected chi connectivity index (χ3v) is 2.03. The average Bonchev–Trinajstić information content (AvgIpc) is 2.30. The van der Waals surface area contributed by atoms with Gasteiger partial charge in [-0.1, -0.05) is 12.1 Å². The third-order valence-electron chi connectivity index (χ3n) is 2.03. The van der Waals surface area contributed by atoms with Gasteiger partial charge in [0.25, 0.3) is 0 Å². The summed E-state index contributed by atoms with van der Waals surface area (Å²) >= 11 is 0. The van der Waals surface area contributed by atoms with Crippen LogP contribution in [0.4, 0.5) is 5.69 Å². The van der Waals surface area contributed by atoms with Crippen LogP contribution in [0.3, 0.4) is 0 Å². The zero-order valence-electron chi connectivity index (χ0n) is 7.94. The minimum absolute atomic E-state index is 0.898. The van der Waals surface area contributed by atoms with Gasteiger partial charge in [0.2, 0.25) is 0 Å². The number of aromatic nitrogens is 2. The minimum Gasteiger partial charge on any atom is -0.388 e. The van der Waals surface area contributed by atoms with E-state index in [1.54, 1.807) is 18.6 Å². The van der Waals surface area contributed by atoms with Crippen LogP contribution in [0.2, 0.25) is 0 Å². The van der Waals surface area contributed by atoms with Crippen molar-refractivity contribution in [2.24, 2.45) is 0 Å². The van der Waals surface area contributed by atoms with Crippen molar-refractivity contribution in [2.75, 3.05) is 12.4 Å². The van der Waals surface area contributed by atoms with E-state index in [0.29, 0.717) is 0 Å². The molecular weight excluding hydrogens is 174 g/mol. The van der Waals surface area contributed by atoms with Crippen molar-refractivity contribution < 1.29 is 0 Å². The minimum atomic E-state index is 0.898. The van der Waals surface area contributed by atoms with E-state index < -0.39 is 0 Å². The quantitative estimate of drug-likeness (QED) is 0.779. The van der Waals surface area contributed by atoms with Gasteiger partial charge in [0.1, 0.15) is 0 Å². The Bertz CT molecular complexity index is 395. The Morgan fingerprint density at radius 3 is 2.43 bits per heavy atom. The first-order valence-corrected chi connectivity index (χ1v) is 4.44. The lowest BCUT2D eigenvalue weighted by Crippen LogP contribution is -1.88. The Kier molecular flexibility index (Phi) is 2.40. The van der Waals surface area contributed by atoms with Gasteiger partial charge < -0.3 is 5.32 Å². The molecule has 2 aromatic rings. The number of rotatable bonds is 2. The van der Waals surface area contributed by atoms with Crippen LogP contribution < -0.4 is 5.32 Å². The Hall–Kier alpha value is -1.90. The summed E-state index contributed by atoms with van der Waals surface area (Å²) in [7, 11) is 1.90. The van der Waals surface area contributed by atoms with E-state index in [-0.39, 0.29) is 0 Å². The van der Waals surface area contributed by atoms with Gasteiger partial charge in [0, 0.05) is 30.7 Å². The summed E-state index contributed by atoms with van der Waals surface area (Å²) < 4.78 is 0. The molecule has 70 valence electrons. The van der Waals surface area contributed by atoms with E-state index in [2.05, 4.69) is 15.3 Å². The zero-order valence-corrected chi connectivity index (χ0v) is 7.94. The molecule has 0 amide bonds. The highest BCUT2D eigenvalue weighted by Crippen LogP contribution is 2.17. The number of hydrogen-bond acceptors (Lipinski definition) is 3. The van der Waals surface area contributed by atoms with E-state index in [1.807, 2.05) is 31.3 Å². The maximum absolute atomic E-state index is 4.22. The molecule has 3 heteroatoms. The third kappa shape index (κ3) is 1.71. The summed E-state index contributed by atoms with van der Waals surface area (Å²) in [5.74, 6) is 0. The summed E-state index contributed by atoms with van der Waals surface area (Å²) in [5.41, 5.74) is 3.07. The van der Waals surface area contributed by atoms with Crippen molar-refractivity contribution in [3.8, 4) is 11.3 Å². The van der Waals surface area contributed by atoms with Crippen molar-refractivity contribution in [1.29, 1.82) is 0 Å². The van der Waals surface area contributed by atoms with Crippen LogP contribution in [0, 0.1) is 0 Å². The summed E-state index contributed by atoms with van der Waals surface area (Å²) in [6.07, 6.45) is 5.13. The fraction of sp³-hybridized carbons (Fsp3) is 0.0909. The van der Waals surface area contributed by atoms with Crippen molar-refractivity contribution in [2.45, 2.75) is 0 Å². The lowest BCUT2D eigenvalue weighted by Gasteiger charge is -2.02. The highest BCUT2D eigenvalue weighted by molar-refractivity contribution is 5.61. The van der Waals surface area contributed by atoms with Crippen LogP contribution in [-0.2, 0) is 0 Å². The Morgan fingerprint density at radius 1 is 1.07 bits per heavy atom. The lowest BCUT2D eigenvalue weighted by molar-refractivity contribution is 1.21. The van der Waals surface area contributed by atoms with Crippen molar-refractivity contribution >= 4 is 5.69 Å². The van der Waals surface area contributed by atoms with E-state index in [1.165, 1.54) is 0 Å². The lowest BCUT2D eigenvalue weighted by atomic mass is 10.1. The first-order chi connectivity index (χ1) is 6.90. The van der Waals surface area contributed by atoms with Gasteiger partial charge in [-0.25, -0.2) is 0 Å². The largest absolute Gasteiger partial charge is 0.388 e. The van der Waals surface area contributed by atoms with E-state index in [4.69, 9.17) is 0 Å². The van der Waals surface area contributed by atoms with Crippen LogP contribution in [0.1, 0.15) is 0 Å². The molecule has 0 radical (unpaired) electrons. The highest BCUT2D eigenvalue weighted by atomic mass is 14.8. The molecule has 1 N–H and O–H groups in total. The number of nitrogens with one attached hydrogen (secondary N) is 1. The smallest absolute Gasteiger partial charge is 0.0885 e. The maximum atomic E-state index is 4.22. The average molecular weight is 185 g/mol. The molecule has 0 aliphatic rings. The number of nitrogens with zero attached hydrogens (tertiary/aromatic N) is 2. The predicted octanol–water partition coefficient (Wildman–Crippen LogP) is 2.19. The van der Waals surface area contributed by atoms with E-state index in [9.17, 15) is 0 Å². The fourth-order valence-electron chi connectivity index (χ4n) is 1.26. The molecule has 1 heterocycles. The van der Waals surface area contributed by atoms with Crippen molar-refractivity contribution in [1.82, 2.24) is 9.97 Å². The SMILES string of the molecule is CNc1ccc(-c2cnccn2)cc1. The predicted molar refractivity (Wildman–Crippen MR) is 57.0 cm³/mol. The van der Waals surface area contributed by atoms with Gasteiger partial charge in [0.05, 0.1) is 11.9 Å². The molecule has 2 rings (SSSR count). The molecular formula is C11H11N3. The topological polar surface area (TPSA) is 37.8 Å². The van der Waals surface area contributed by atoms with Crippen molar-refractivity contribution in [3.63, 3.8) is 0 Å². The van der Waals surface area contributed by atoms with E-state index in [0.717, 1.165) is 16.9 Å². The Balaban J connectivity index is 2.34. The maximum Gasteiger partial charge on any atom is 0.0885 e. The number of hydrogen-bond donors (Lipinski definition) is 1. The van der Waals surface area contributed by atoms with E-state index >= 15 is 0 Å². The molecule has 0 aliphatic heterocycles. The number of anilines is 1. The Labute approximate surface area is 82.8 Å². The molecule has 0 bridgehead atoms. The summed E-state index contributed by atoms with van der Waals surface area (Å²) in [6.45, 7) is 0.